The van der Waals surface area contributed by atoms with Crippen LogP contribution in [0.5, 0.6) is 0 Å². The second-order valence-corrected chi connectivity index (χ2v) is 5.03. The molecular formula is C12H8Cl2N4. The van der Waals surface area contributed by atoms with Gasteiger partial charge in [-0.05, 0) is 31.0 Å². The van der Waals surface area contributed by atoms with Crippen LogP contribution in [0.4, 0.5) is 0 Å². The molecule has 1 fully saturated rings. The van der Waals surface area contributed by atoms with Crippen LogP contribution in [-0.2, 0) is 0 Å². The molecule has 0 aliphatic heterocycles. The second-order valence-electron chi connectivity index (χ2n) is 4.22. The van der Waals surface area contributed by atoms with Crippen LogP contribution in [0, 0.1) is 11.3 Å². The van der Waals surface area contributed by atoms with Crippen LogP contribution in [0.15, 0.2) is 18.2 Å². The van der Waals surface area contributed by atoms with Gasteiger partial charge in [0.05, 0.1) is 21.4 Å². The molecule has 1 aromatic heterocycles. The fourth-order valence-corrected chi connectivity index (χ4v) is 2.19. The maximum Gasteiger partial charge on any atom is 0.186 e. The zero-order valence-corrected chi connectivity index (χ0v) is 10.8. The molecule has 2 aromatic rings. The summed E-state index contributed by atoms with van der Waals surface area (Å²) in [6.07, 6.45) is 2.15. The molecule has 0 amide bonds. The molecule has 1 aliphatic rings. The highest BCUT2D eigenvalue weighted by atomic mass is 35.5. The van der Waals surface area contributed by atoms with Crippen molar-refractivity contribution in [2.24, 2.45) is 0 Å². The first-order chi connectivity index (χ1) is 8.70. The highest BCUT2D eigenvalue weighted by Crippen LogP contribution is 2.42. The van der Waals surface area contributed by atoms with Gasteiger partial charge >= 0.3 is 0 Å². The standard InChI is InChI=1S/C12H8Cl2N4/c13-9-4-3-8(5-10(9)14)18-12(7-1-2-7)11(6-15)16-17-18/h3-5,7H,1-2H2. The lowest BCUT2D eigenvalue weighted by molar-refractivity contribution is 0.764. The topological polar surface area (TPSA) is 54.5 Å². The minimum Gasteiger partial charge on any atom is -0.216 e. The summed E-state index contributed by atoms with van der Waals surface area (Å²) >= 11 is 11.9. The van der Waals surface area contributed by atoms with E-state index in [0.717, 1.165) is 24.2 Å². The molecule has 0 atom stereocenters. The van der Waals surface area contributed by atoms with Crippen molar-refractivity contribution in [3.8, 4) is 11.8 Å². The Morgan fingerprint density at radius 2 is 2.06 bits per heavy atom. The van der Waals surface area contributed by atoms with Gasteiger partial charge in [0.2, 0.25) is 0 Å². The molecule has 18 heavy (non-hydrogen) atoms. The maximum atomic E-state index is 9.04. The maximum absolute atomic E-state index is 9.04. The van der Waals surface area contributed by atoms with E-state index in [2.05, 4.69) is 16.4 Å². The van der Waals surface area contributed by atoms with Crippen LogP contribution in [0.3, 0.4) is 0 Å². The van der Waals surface area contributed by atoms with E-state index in [9.17, 15) is 0 Å². The summed E-state index contributed by atoms with van der Waals surface area (Å²) in [5.74, 6) is 0.379. The van der Waals surface area contributed by atoms with Crippen molar-refractivity contribution in [2.45, 2.75) is 18.8 Å². The molecule has 1 aromatic carbocycles. The zero-order chi connectivity index (χ0) is 12.7. The first kappa shape index (κ1) is 11.5. The molecule has 0 radical (unpaired) electrons. The highest BCUT2D eigenvalue weighted by molar-refractivity contribution is 6.42. The average Bonchev–Trinajstić information content (AvgIpc) is 3.12. The molecule has 0 unspecified atom stereocenters. The van der Waals surface area contributed by atoms with Crippen molar-refractivity contribution in [3.63, 3.8) is 0 Å². The van der Waals surface area contributed by atoms with Gasteiger partial charge in [-0.2, -0.15) is 5.26 Å². The van der Waals surface area contributed by atoms with Gasteiger partial charge in [0, 0.05) is 5.92 Å². The molecule has 0 N–H and O–H groups in total. The van der Waals surface area contributed by atoms with E-state index >= 15 is 0 Å². The van der Waals surface area contributed by atoms with Crippen LogP contribution in [0.25, 0.3) is 5.69 Å². The number of hydrogen-bond acceptors (Lipinski definition) is 3. The van der Waals surface area contributed by atoms with Crippen LogP contribution < -0.4 is 0 Å². The van der Waals surface area contributed by atoms with Crippen LogP contribution in [0.2, 0.25) is 10.0 Å². The summed E-state index contributed by atoms with van der Waals surface area (Å²) in [4.78, 5) is 0. The van der Waals surface area contributed by atoms with Crippen molar-refractivity contribution >= 4 is 23.2 Å². The second kappa shape index (κ2) is 4.27. The number of nitrogens with zero attached hydrogens (tertiary/aromatic N) is 4. The normalized spacial score (nSPS) is 14.5. The molecule has 0 spiro atoms. The van der Waals surface area contributed by atoms with Crippen molar-refractivity contribution in [1.29, 1.82) is 5.26 Å². The van der Waals surface area contributed by atoms with E-state index in [4.69, 9.17) is 28.5 Å². The Bertz CT molecular complexity index is 653. The smallest absolute Gasteiger partial charge is 0.186 e. The largest absolute Gasteiger partial charge is 0.216 e. The Kier molecular flexibility index (Phi) is 2.73. The molecular weight excluding hydrogens is 271 g/mol. The fraction of sp³-hybridized carbons (Fsp3) is 0.250. The molecule has 90 valence electrons. The fourth-order valence-electron chi connectivity index (χ4n) is 1.90. The summed E-state index contributed by atoms with van der Waals surface area (Å²) in [5.41, 5.74) is 2.04. The predicted molar refractivity (Wildman–Crippen MR) is 68.1 cm³/mol. The van der Waals surface area contributed by atoms with Gasteiger partial charge in [-0.1, -0.05) is 28.4 Å². The predicted octanol–water partition coefficient (Wildman–Crippen LogP) is 3.32. The van der Waals surface area contributed by atoms with E-state index in [0.29, 0.717) is 21.7 Å². The van der Waals surface area contributed by atoms with Crippen LogP contribution in [-0.4, -0.2) is 15.0 Å². The molecule has 3 rings (SSSR count). The highest BCUT2D eigenvalue weighted by Gasteiger charge is 2.32. The Morgan fingerprint density at radius 1 is 1.28 bits per heavy atom. The van der Waals surface area contributed by atoms with Gasteiger partial charge in [0.25, 0.3) is 0 Å². The number of benzene rings is 1. The number of hydrogen-bond donors (Lipinski definition) is 0. The van der Waals surface area contributed by atoms with E-state index in [1.165, 1.54) is 0 Å². The molecule has 6 heteroatoms. The number of rotatable bonds is 2. The third kappa shape index (κ3) is 1.86. The number of nitriles is 1. The van der Waals surface area contributed by atoms with E-state index in [1.54, 1.807) is 16.8 Å². The number of aromatic nitrogens is 3. The summed E-state index contributed by atoms with van der Waals surface area (Å²) in [7, 11) is 0. The van der Waals surface area contributed by atoms with Gasteiger partial charge in [-0.25, -0.2) is 4.68 Å². The molecule has 1 aliphatic carbocycles. The summed E-state index contributed by atoms with van der Waals surface area (Å²) in [6, 6.07) is 7.33. The lowest BCUT2D eigenvalue weighted by Gasteiger charge is -2.06. The first-order valence-electron chi connectivity index (χ1n) is 5.52. The van der Waals surface area contributed by atoms with Gasteiger partial charge in [-0.3, -0.25) is 0 Å². The zero-order valence-electron chi connectivity index (χ0n) is 9.27. The Balaban J connectivity index is 2.14. The Labute approximate surface area is 114 Å². The number of halogens is 2. The van der Waals surface area contributed by atoms with Gasteiger partial charge < -0.3 is 0 Å². The van der Waals surface area contributed by atoms with Gasteiger partial charge in [0.1, 0.15) is 6.07 Å². The minimum atomic E-state index is 0.379. The van der Waals surface area contributed by atoms with Crippen LogP contribution in [0.1, 0.15) is 30.1 Å². The van der Waals surface area contributed by atoms with Crippen molar-refractivity contribution < 1.29 is 0 Å². The Morgan fingerprint density at radius 3 is 2.67 bits per heavy atom. The first-order valence-corrected chi connectivity index (χ1v) is 6.27. The lowest BCUT2D eigenvalue weighted by atomic mass is 10.2. The molecule has 1 saturated carbocycles. The van der Waals surface area contributed by atoms with Crippen molar-refractivity contribution in [1.82, 2.24) is 15.0 Å². The summed E-state index contributed by atoms with van der Waals surface area (Å²) in [5, 5.41) is 17.9. The molecule has 0 bridgehead atoms. The van der Waals surface area contributed by atoms with Gasteiger partial charge in [-0.15, -0.1) is 5.10 Å². The quantitative estimate of drug-likeness (QED) is 0.847. The van der Waals surface area contributed by atoms with E-state index in [1.807, 2.05) is 6.07 Å². The summed E-state index contributed by atoms with van der Waals surface area (Å²) in [6.45, 7) is 0. The van der Waals surface area contributed by atoms with Crippen LogP contribution >= 0.6 is 23.2 Å². The third-order valence-corrected chi connectivity index (χ3v) is 3.66. The molecule has 0 saturated heterocycles. The SMILES string of the molecule is N#Cc1nnn(-c2ccc(Cl)c(Cl)c2)c1C1CC1. The van der Waals surface area contributed by atoms with Crippen molar-refractivity contribution in [3.05, 3.63) is 39.6 Å². The minimum absolute atomic E-state index is 0.379. The van der Waals surface area contributed by atoms with E-state index < -0.39 is 0 Å². The van der Waals surface area contributed by atoms with Crippen molar-refractivity contribution in [2.75, 3.05) is 0 Å². The third-order valence-electron chi connectivity index (χ3n) is 2.92. The molecule has 1 heterocycles. The lowest BCUT2D eigenvalue weighted by Crippen LogP contribution is -2.02. The van der Waals surface area contributed by atoms with E-state index in [-0.39, 0.29) is 0 Å². The Hall–Kier alpha value is -1.57. The summed E-state index contributed by atoms with van der Waals surface area (Å²) < 4.78 is 1.68. The molecule has 4 nitrogen and oxygen atoms in total. The monoisotopic (exact) mass is 278 g/mol. The van der Waals surface area contributed by atoms with Gasteiger partial charge in [0.15, 0.2) is 5.69 Å². The average molecular weight is 279 g/mol.